The summed E-state index contributed by atoms with van der Waals surface area (Å²) in [6.45, 7) is 0.358. The number of amides is 1. The third kappa shape index (κ3) is 5.27. The van der Waals surface area contributed by atoms with Crippen LogP contribution in [0.15, 0.2) is 24.4 Å². The zero-order valence-electron chi connectivity index (χ0n) is 13.0. The molecule has 5 nitrogen and oxygen atoms in total. The molecule has 1 amide bonds. The fraction of sp³-hybridized carbons (Fsp3) is 0.333. The molecule has 0 spiro atoms. The van der Waals surface area contributed by atoms with Crippen LogP contribution in [0.1, 0.15) is 22.5 Å². The Morgan fingerprint density at radius 3 is 2.72 bits per heavy atom. The van der Waals surface area contributed by atoms with Crippen molar-refractivity contribution in [2.75, 3.05) is 13.2 Å². The van der Waals surface area contributed by atoms with E-state index in [-0.39, 0.29) is 13.2 Å². The average molecular weight is 396 g/mol. The molecule has 1 aromatic heterocycles. The van der Waals surface area contributed by atoms with Gasteiger partial charge in [0.05, 0.1) is 17.2 Å². The molecule has 0 radical (unpaired) electrons. The molecule has 0 aliphatic rings. The van der Waals surface area contributed by atoms with Gasteiger partial charge in [0.2, 0.25) is 0 Å². The van der Waals surface area contributed by atoms with Crippen LogP contribution in [0.25, 0.3) is 0 Å². The summed E-state index contributed by atoms with van der Waals surface area (Å²) >= 11 is 11.7. The van der Waals surface area contributed by atoms with Crippen LogP contribution in [0.5, 0.6) is 5.75 Å². The number of hydrogen-bond donors (Lipinski definition) is 1. The summed E-state index contributed by atoms with van der Waals surface area (Å²) in [4.78, 5) is 11.9. The number of halogens is 5. The number of nitrogens with one attached hydrogen (secondary N) is 1. The van der Waals surface area contributed by atoms with E-state index in [0.717, 1.165) is 10.9 Å². The second-order valence-corrected chi connectivity index (χ2v) is 5.94. The predicted octanol–water partition coefficient (Wildman–Crippen LogP) is 3.94. The third-order valence-corrected chi connectivity index (χ3v) is 3.63. The predicted molar refractivity (Wildman–Crippen MR) is 87.1 cm³/mol. The van der Waals surface area contributed by atoms with Gasteiger partial charge in [0.1, 0.15) is 5.75 Å². The van der Waals surface area contributed by atoms with E-state index in [0.29, 0.717) is 22.2 Å². The summed E-state index contributed by atoms with van der Waals surface area (Å²) in [5.74, 6) is -0.408. The number of carbonyl (C=O) groups excluding carboxylic acids is 1. The highest BCUT2D eigenvalue weighted by molar-refractivity contribution is 6.35. The van der Waals surface area contributed by atoms with Gasteiger partial charge in [0, 0.05) is 24.8 Å². The molecule has 0 saturated heterocycles. The number of benzene rings is 1. The van der Waals surface area contributed by atoms with E-state index < -0.39 is 23.3 Å². The van der Waals surface area contributed by atoms with Crippen molar-refractivity contribution < 1.29 is 22.7 Å². The van der Waals surface area contributed by atoms with Crippen LogP contribution in [0.3, 0.4) is 0 Å². The SMILES string of the molecule is Cn1cc(C(=O)NCCCOc2ccc(Cl)cc2Cl)c(C(F)(F)F)n1. The van der Waals surface area contributed by atoms with E-state index in [1.54, 1.807) is 12.1 Å². The van der Waals surface area contributed by atoms with E-state index in [2.05, 4.69) is 10.4 Å². The smallest absolute Gasteiger partial charge is 0.435 e. The number of aromatic nitrogens is 2. The van der Waals surface area contributed by atoms with E-state index in [4.69, 9.17) is 27.9 Å². The van der Waals surface area contributed by atoms with E-state index in [1.165, 1.54) is 13.1 Å². The Hall–Kier alpha value is -1.93. The van der Waals surface area contributed by atoms with E-state index in [1.807, 2.05) is 0 Å². The molecule has 10 heteroatoms. The minimum Gasteiger partial charge on any atom is -0.492 e. The Morgan fingerprint density at radius 2 is 2.08 bits per heavy atom. The van der Waals surface area contributed by atoms with Crippen molar-refractivity contribution in [3.8, 4) is 5.75 Å². The minimum absolute atomic E-state index is 0.135. The van der Waals surface area contributed by atoms with Crippen LogP contribution in [-0.4, -0.2) is 28.8 Å². The maximum atomic E-state index is 12.8. The second-order valence-electron chi connectivity index (χ2n) is 5.10. The van der Waals surface area contributed by atoms with Gasteiger partial charge in [0.15, 0.2) is 5.69 Å². The number of rotatable bonds is 6. The van der Waals surface area contributed by atoms with Crippen molar-refractivity contribution in [2.45, 2.75) is 12.6 Å². The molecule has 0 unspecified atom stereocenters. The van der Waals surface area contributed by atoms with Crippen LogP contribution in [0, 0.1) is 0 Å². The molecule has 2 aromatic rings. The minimum atomic E-state index is -4.69. The third-order valence-electron chi connectivity index (χ3n) is 3.10. The molecular formula is C15H14Cl2F3N3O2. The molecular weight excluding hydrogens is 382 g/mol. The maximum Gasteiger partial charge on any atom is 0.435 e. The number of carbonyl (C=O) groups is 1. The number of alkyl halides is 3. The summed E-state index contributed by atoms with van der Waals surface area (Å²) in [5, 5.41) is 6.52. The lowest BCUT2D eigenvalue weighted by atomic mass is 10.2. The lowest BCUT2D eigenvalue weighted by Crippen LogP contribution is -2.27. The zero-order valence-corrected chi connectivity index (χ0v) is 14.5. The molecule has 0 fully saturated rings. The Balaban J connectivity index is 1.83. The summed E-state index contributed by atoms with van der Waals surface area (Å²) in [5.41, 5.74) is -1.73. The van der Waals surface area contributed by atoms with Crippen molar-refractivity contribution in [3.63, 3.8) is 0 Å². The van der Waals surface area contributed by atoms with Crippen molar-refractivity contribution in [2.24, 2.45) is 7.05 Å². The topological polar surface area (TPSA) is 56.2 Å². The van der Waals surface area contributed by atoms with Gasteiger partial charge in [-0.2, -0.15) is 18.3 Å². The maximum absolute atomic E-state index is 12.8. The van der Waals surface area contributed by atoms with Gasteiger partial charge < -0.3 is 10.1 Å². The van der Waals surface area contributed by atoms with Gasteiger partial charge in [-0.25, -0.2) is 0 Å². The lowest BCUT2D eigenvalue weighted by Gasteiger charge is -2.09. The highest BCUT2D eigenvalue weighted by Gasteiger charge is 2.38. The van der Waals surface area contributed by atoms with E-state index in [9.17, 15) is 18.0 Å². The fourth-order valence-corrected chi connectivity index (χ4v) is 2.47. The van der Waals surface area contributed by atoms with Gasteiger partial charge in [-0.15, -0.1) is 0 Å². The first-order valence-corrected chi connectivity index (χ1v) is 7.91. The molecule has 0 aliphatic carbocycles. The number of ether oxygens (including phenoxy) is 1. The first kappa shape index (κ1) is 19.4. The van der Waals surface area contributed by atoms with Crippen LogP contribution in [0.4, 0.5) is 13.2 Å². The molecule has 1 N–H and O–H groups in total. The number of hydrogen-bond acceptors (Lipinski definition) is 3. The van der Waals surface area contributed by atoms with E-state index >= 15 is 0 Å². The molecule has 25 heavy (non-hydrogen) atoms. The van der Waals surface area contributed by atoms with Gasteiger partial charge in [-0.1, -0.05) is 23.2 Å². The Labute approximate surface area is 151 Å². The average Bonchev–Trinajstić information content (AvgIpc) is 2.91. The molecule has 0 aliphatic heterocycles. The summed E-state index contributed by atoms with van der Waals surface area (Å²) in [6.07, 6.45) is -3.28. The Morgan fingerprint density at radius 1 is 1.36 bits per heavy atom. The monoisotopic (exact) mass is 395 g/mol. The Kier molecular flexibility index (Phi) is 6.18. The van der Waals surface area contributed by atoms with Crippen LogP contribution in [0.2, 0.25) is 10.0 Å². The highest BCUT2D eigenvalue weighted by Crippen LogP contribution is 2.30. The van der Waals surface area contributed by atoms with Crippen LogP contribution < -0.4 is 10.1 Å². The Bertz CT molecular complexity index is 763. The van der Waals surface area contributed by atoms with Crippen molar-refractivity contribution in [1.82, 2.24) is 15.1 Å². The molecule has 2 rings (SSSR count). The molecule has 1 heterocycles. The molecule has 136 valence electrons. The molecule has 0 saturated carbocycles. The summed E-state index contributed by atoms with van der Waals surface area (Å²) in [6, 6.07) is 4.75. The number of aryl methyl sites for hydroxylation is 1. The van der Waals surface area contributed by atoms with Gasteiger partial charge in [0.25, 0.3) is 5.91 Å². The number of nitrogens with zero attached hydrogens (tertiary/aromatic N) is 2. The first-order chi connectivity index (χ1) is 11.7. The standard InChI is InChI=1S/C15H14Cl2F3N3O2/c1-23-8-10(13(22-23)15(18,19)20)14(24)21-5-2-6-25-12-4-3-9(16)7-11(12)17/h3-4,7-8H,2,5-6H2,1H3,(H,21,24). The molecule has 1 aromatic carbocycles. The summed E-state index contributed by atoms with van der Waals surface area (Å²) < 4.78 is 44.8. The fourth-order valence-electron chi connectivity index (χ4n) is 2.01. The normalized spacial score (nSPS) is 11.4. The zero-order chi connectivity index (χ0) is 18.6. The molecule has 0 atom stereocenters. The van der Waals surface area contributed by atoms with Gasteiger partial charge in [-0.3, -0.25) is 9.48 Å². The molecule has 0 bridgehead atoms. The van der Waals surface area contributed by atoms with Gasteiger partial charge in [-0.05, 0) is 24.6 Å². The van der Waals surface area contributed by atoms with Crippen molar-refractivity contribution in [3.05, 3.63) is 45.7 Å². The second kappa shape index (κ2) is 7.97. The highest BCUT2D eigenvalue weighted by atomic mass is 35.5. The quantitative estimate of drug-likeness (QED) is 0.753. The summed E-state index contributed by atoms with van der Waals surface area (Å²) in [7, 11) is 1.32. The lowest BCUT2D eigenvalue weighted by molar-refractivity contribution is -0.141. The largest absolute Gasteiger partial charge is 0.492 e. The van der Waals surface area contributed by atoms with Crippen LogP contribution >= 0.6 is 23.2 Å². The van der Waals surface area contributed by atoms with Crippen molar-refractivity contribution in [1.29, 1.82) is 0 Å². The first-order valence-electron chi connectivity index (χ1n) is 7.15. The van der Waals surface area contributed by atoms with Crippen LogP contribution in [-0.2, 0) is 13.2 Å². The van der Waals surface area contributed by atoms with Crippen molar-refractivity contribution >= 4 is 29.1 Å². The van der Waals surface area contributed by atoms with Gasteiger partial charge >= 0.3 is 6.18 Å².